The molecule has 3 rings (SSSR count). The van der Waals surface area contributed by atoms with Gasteiger partial charge in [0.1, 0.15) is 5.75 Å². The van der Waals surface area contributed by atoms with Crippen LogP contribution >= 0.6 is 0 Å². The molecule has 0 saturated carbocycles. The monoisotopic (exact) mass is 238 g/mol. The molecule has 1 atom stereocenters. The molecule has 2 heteroatoms. The molecular weight excluding hydrogens is 224 g/mol. The Kier molecular flexibility index (Phi) is 2.63. The Labute approximate surface area is 106 Å². The highest BCUT2D eigenvalue weighted by Crippen LogP contribution is 2.33. The summed E-state index contributed by atoms with van der Waals surface area (Å²) in [5.41, 5.74) is 2.89. The first kappa shape index (κ1) is 11.0. The van der Waals surface area contributed by atoms with Crippen molar-refractivity contribution >= 4 is 5.78 Å². The predicted octanol–water partition coefficient (Wildman–Crippen LogP) is 3.71. The molecule has 2 aromatic carbocycles. The lowest BCUT2D eigenvalue weighted by atomic mass is 10.00. The Morgan fingerprint density at radius 2 is 1.83 bits per heavy atom. The zero-order chi connectivity index (χ0) is 12.5. The van der Waals surface area contributed by atoms with Crippen LogP contribution in [0.15, 0.2) is 48.5 Å². The van der Waals surface area contributed by atoms with E-state index in [1.165, 1.54) is 0 Å². The molecule has 0 bridgehead atoms. The SMILES string of the molecule is CCC1Oc2ccc(-c3ccccc3)cc2C1=O. The molecule has 0 fully saturated rings. The van der Waals surface area contributed by atoms with Gasteiger partial charge in [-0.3, -0.25) is 4.79 Å². The molecule has 0 aliphatic carbocycles. The molecule has 1 unspecified atom stereocenters. The first-order valence-corrected chi connectivity index (χ1v) is 6.20. The normalized spacial score (nSPS) is 17.4. The van der Waals surface area contributed by atoms with Crippen molar-refractivity contribution < 1.29 is 9.53 Å². The van der Waals surface area contributed by atoms with Crippen LogP contribution in [-0.2, 0) is 0 Å². The van der Waals surface area contributed by atoms with E-state index in [1.54, 1.807) is 0 Å². The minimum absolute atomic E-state index is 0.102. The summed E-state index contributed by atoms with van der Waals surface area (Å²) in [5, 5.41) is 0. The number of hydrogen-bond acceptors (Lipinski definition) is 2. The van der Waals surface area contributed by atoms with E-state index >= 15 is 0 Å². The molecule has 0 spiro atoms. The Morgan fingerprint density at radius 3 is 2.56 bits per heavy atom. The summed E-state index contributed by atoms with van der Waals surface area (Å²) < 4.78 is 5.61. The average molecular weight is 238 g/mol. The highest BCUT2D eigenvalue weighted by atomic mass is 16.5. The zero-order valence-corrected chi connectivity index (χ0v) is 10.2. The maximum Gasteiger partial charge on any atom is 0.207 e. The van der Waals surface area contributed by atoms with Crippen LogP contribution in [0, 0.1) is 0 Å². The van der Waals surface area contributed by atoms with Crippen LogP contribution in [0.2, 0.25) is 0 Å². The zero-order valence-electron chi connectivity index (χ0n) is 10.2. The maximum atomic E-state index is 12.1. The van der Waals surface area contributed by atoms with Gasteiger partial charge >= 0.3 is 0 Å². The molecule has 0 radical (unpaired) electrons. The molecule has 0 saturated heterocycles. The second-order valence-electron chi connectivity index (χ2n) is 4.46. The van der Waals surface area contributed by atoms with Gasteiger partial charge in [0.05, 0.1) is 5.56 Å². The largest absolute Gasteiger partial charge is 0.482 e. The second-order valence-corrected chi connectivity index (χ2v) is 4.46. The minimum atomic E-state index is -0.300. The Bertz CT molecular complexity index is 587. The highest BCUT2D eigenvalue weighted by molar-refractivity contribution is 6.05. The highest BCUT2D eigenvalue weighted by Gasteiger charge is 2.30. The van der Waals surface area contributed by atoms with Crippen LogP contribution < -0.4 is 4.74 Å². The van der Waals surface area contributed by atoms with Crippen molar-refractivity contribution in [3.05, 3.63) is 54.1 Å². The molecule has 2 aromatic rings. The fourth-order valence-corrected chi connectivity index (χ4v) is 2.28. The van der Waals surface area contributed by atoms with Crippen LogP contribution in [-0.4, -0.2) is 11.9 Å². The van der Waals surface area contributed by atoms with Crippen LogP contribution in [0.1, 0.15) is 23.7 Å². The number of ketones is 1. The van der Waals surface area contributed by atoms with Crippen molar-refractivity contribution in [1.29, 1.82) is 0 Å². The molecular formula is C16H14O2. The van der Waals surface area contributed by atoms with Crippen molar-refractivity contribution in [2.45, 2.75) is 19.4 Å². The topological polar surface area (TPSA) is 26.3 Å². The van der Waals surface area contributed by atoms with Gasteiger partial charge < -0.3 is 4.74 Å². The molecule has 1 aliphatic heterocycles. The Balaban J connectivity index is 2.04. The Hall–Kier alpha value is -2.09. The van der Waals surface area contributed by atoms with Gasteiger partial charge in [-0.1, -0.05) is 43.3 Å². The first-order chi connectivity index (χ1) is 8.79. The lowest BCUT2D eigenvalue weighted by Crippen LogP contribution is -2.18. The van der Waals surface area contributed by atoms with E-state index in [0.717, 1.165) is 11.1 Å². The summed E-state index contributed by atoms with van der Waals surface area (Å²) in [5.74, 6) is 0.816. The van der Waals surface area contributed by atoms with Gasteiger partial charge in [-0.15, -0.1) is 0 Å². The standard InChI is InChI=1S/C16H14O2/c1-2-14-16(17)13-10-12(8-9-15(13)18-14)11-6-4-3-5-7-11/h3-10,14H,2H2,1H3. The molecule has 0 aromatic heterocycles. The van der Waals surface area contributed by atoms with Crippen molar-refractivity contribution in [3.63, 3.8) is 0 Å². The van der Waals surface area contributed by atoms with E-state index in [2.05, 4.69) is 0 Å². The number of carbonyl (C=O) groups excluding carboxylic acids is 1. The van der Waals surface area contributed by atoms with Gasteiger partial charge in [-0.2, -0.15) is 0 Å². The summed E-state index contributed by atoms with van der Waals surface area (Å²) in [6, 6.07) is 15.9. The average Bonchev–Trinajstić information content (AvgIpc) is 2.76. The number of ether oxygens (including phenoxy) is 1. The molecule has 1 heterocycles. The molecule has 2 nitrogen and oxygen atoms in total. The second kappa shape index (κ2) is 4.30. The summed E-state index contributed by atoms with van der Waals surface area (Å²) in [6.07, 6.45) is 0.416. The van der Waals surface area contributed by atoms with Gasteiger partial charge in [-0.25, -0.2) is 0 Å². The minimum Gasteiger partial charge on any atom is -0.482 e. The van der Waals surface area contributed by atoms with Gasteiger partial charge in [-0.05, 0) is 29.7 Å². The molecule has 90 valence electrons. The van der Waals surface area contributed by atoms with Crippen molar-refractivity contribution in [2.24, 2.45) is 0 Å². The maximum absolute atomic E-state index is 12.1. The summed E-state index contributed by atoms with van der Waals surface area (Å²) >= 11 is 0. The molecule has 18 heavy (non-hydrogen) atoms. The van der Waals surface area contributed by atoms with Gasteiger partial charge in [0.2, 0.25) is 5.78 Å². The van der Waals surface area contributed by atoms with Crippen LogP contribution in [0.3, 0.4) is 0 Å². The third-order valence-electron chi connectivity index (χ3n) is 3.28. The molecule has 1 aliphatic rings. The third kappa shape index (κ3) is 1.70. The number of hydrogen-bond donors (Lipinski definition) is 0. The lowest BCUT2D eigenvalue weighted by molar-refractivity contribution is 0.0853. The molecule has 0 N–H and O–H groups in total. The quantitative estimate of drug-likeness (QED) is 0.797. The van der Waals surface area contributed by atoms with E-state index in [-0.39, 0.29) is 11.9 Å². The van der Waals surface area contributed by atoms with Gasteiger partial charge in [0.15, 0.2) is 6.10 Å². The number of fused-ring (bicyclic) bond motifs is 1. The van der Waals surface area contributed by atoms with Crippen LogP contribution in [0.4, 0.5) is 0 Å². The van der Waals surface area contributed by atoms with Gasteiger partial charge in [0.25, 0.3) is 0 Å². The fourth-order valence-electron chi connectivity index (χ4n) is 2.28. The van der Waals surface area contributed by atoms with E-state index in [0.29, 0.717) is 17.7 Å². The number of carbonyl (C=O) groups is 1. The van der Waals surface area contributed by atoms with E-state index in [1.807, 2.05) is 55.5 Å². The predicted molar refractivity (Wildman–Crippen MR) is 70.9 cm³/mol. The van der Waals surface area contributed by atoms with E-state index in [9.17, 15) is 4.79 Å². The van der Waals surface area contributed by atoms with Crippen LogP contribution in [0.25, 0.3) is 11.1 Å². The fraction of sp³-hybridized carbons (Fsp3) is 0.188. The van der Waals surface area contributed by atoms with Crippen molar-refractivity contribution in [3.8, 4) is 16.9 Å². The molecule has 0 amide bonds. The smallest absolute Gasteiger partial charge is 0.207 e. The summed E-state index contributed by atoms with van der Waals surface area (Å²) in [4.78, 5) is 12.1. The van der Waals surface area contributed by atoms with Crippen molar-refractivity contribution in [1.82, 2.24) is 0 Å². The third-order valence-corrected chi connectivity index (χ3v) is 3.28. The van der Waals surface area contributed by atoms with Crippen molar-refractivity contribution in [2.75, 3.05) is 0 Å². The number of rotatable bonds is 2. The first-order valence-electron chi connectivity index (χ1n) is 6.20. The van der Waals surface area contributed by atoms with Gasteiger partial charge in [0, 0.05) is 0 Å². The summed E-state index contributed by atoms with van der Waals surface area (Å²) in [7, 11) is 0. The van der Waals surface area contributed by atoms with E-state index in [4.69, 9.17) is 4.74 Å². The Morgan fingerprint density at radius 1 is 1.06 bits per heavy atom. The number of benzene rings is 2. The lowest BCUT2D eigenvalue weighted by Gasteiger charge is -2.04. The number of Topliss-reactive ketones (excluding diaryl/α,β-unsaturated/α-hetero) is 1. The van der Waals surface area contributed by atoms with E-state index < -0.39 is 0 Å². The summed E-state index contributed by atoms with van der Waals surface area (Å²) in [6.45, 7) is 1.96. The van der Waals surface area contributed by atoms with Crippen LogP contribution in [0.5, 0.6) is 5.75 Å².